The van der Waals surface area contributed by atoms with E-state index in [1.807, 2.05) is 20.8 Å². The number of carbonyl (C=O) groups excluding carboxylic acids is 1. The predicted molar refractivity (Wildman–Crippen MR) is 59.5 cm³/mol. The summed E-state index contributed by atoms with van der Waals surface area (Å²) in [5.41, 5.74) is -0.236. The molecule has 1 N–H and O–H groups in total. The van der Waals surface area contributed by atoms with Crippen molar-refractivity contribution >= 4 is 17.5 Å². The van der Waals surface area contributed by atoms with Gasteiger partial charge in [-0.2, -0.15) is 8.78 Å². The van der Waals surface area contributed by atoms with Crippen molar-refractivity contribution in [1.82, 2.24) is 5.32 Å². The van der Waals surface area contributed by atoms with Crippen LogP contribution in [0, 0.1) is 11.3 Å². The van der Waals surface area contributed by atoms with Gasteiger partial charge in [0.15, 0.2) is 0 Å². The molecular formula is C11H18ClF2NO. The van der Waals surface area contributed by atoms with Gasteiger partial charge in [-0.25, -0.2) is 0 Å². The summed E-state index contributed by atoms with van der Waals surface area (Å²) in [6, 6.07) is -0.253. The second-order valence-corrected chi connectivity index (χ2v) is 6.04. The molecule has 1 unspecified atom stereocenters. The number of hydrogen-bond acceptors (Lipinski definition) is 1. The Labute approximate surface area is 99.7 Å². The standard InChI is InChI=1S/C11H18ClF2NO/c1-10(2,3)8(6-7-4-5-7)15-9(16)11(12,13)14/h7-8H,4-6H2,1-3H3,(H,15,16). The molecule has 16 heavy (non-hydrogen) atoms. The number of halogens is 3. The molecule has 0 aliphatic heterocycles. The third-order valence-electron chi connectivity index (χ3n) is 2.87. The van der Waals surface area contributed by atoms with Gasteiger partial charge in [-0.3, -0.25) is 4.79 Å². The third-order valence-corrected chi connectivity index (χ3v) is 3.05. The van der Waals surface area contributed by atoms with Crippen LogP contribution in [0.5, 0.6) is 0 Å². The second kappa shape index (κ2) is 4.47. The molecule has 0 saturated heterocycles. The van der Waals surface area contributed by atoms with Crippen molar-refractivity contribution < 1.29 is 13.6 Å². The molecular weight excluding hydrogens is 236 g/mol. The Morgan fingerprint density at radius 3 is 2.25 bits per heavy atom. The van der Waals surface area contributed by atoms with Crippen LogP contribution in [0.4, 0.5) is 8.78 Å². The van der Waals surface area contributed by atoms with E-state index in [1.54, 1.807) is 0 Å². The Balaban J connectivity index is 2.59. The van der Waals surface area contributed by atoms with E-state index < -0.39 is 11.3 Å². The second-order valence-electron chi connectivity index (χ2n) is 5.57. The Morgan fingerprint density at radius 1 is 1.44 bits per heavy atom. The first-order valence-corrected chi connectivity index (χ1v) is 5.86. The number of hydrogen-bond donors (Lipinski definition) is 1. The van der Waals surface area contributed by atoms with E-state index in [4.69, 9.17) is 0 Å². The lowest BCUT2D eigenvalue weighted by Gasteiger charge is -2.32. The minimum Gasteiger partial charge on any atom is -0.346 e. The molecule has 1 aliphatic rings. The summed E-state index contributed by atoms with van der Waals surface area (Å²) in [7, 11) is 0. The Bertz CT molecular complexity index is 266. The molecule has 0 aromatic rings. The van der Waals surface area contributed by atoms with Gasteiger partial charge in [0.25, 0.3) is 0 Å². The summed E-state index contributed by atoms with van der Waals surface area (Å²) in [5.74, 6) is -0.830. The smallest absolute Gasteiger partial charge is 0.346 e. The van der Waals surface area contributed by atoms with Crippen LogP contribution in [-0.4, -0.2) is 17.3 Å². The van der Waals surface area contributed by atoms with E-state index in [9.17, 15) is 13.6 Å². The molecule has 1 amide bonds. The van der Waals surface area contributed by atoms with Crippen LogP contribution in [0.1, 0.15) is 40.0 Å². The highest BCUT2D eigenvalue weighted by Gasteiger charge is 2.40. The summed E-state index contributed by atoms with van der Waals surface area (Å²) in [5, 5.41) is -1.47. The summed E-state index contributed by atoms with van der Waals surface area (Å²) in [6.07, 6.45) is 3.00. The highest BCUT2D eigenvalue weighted by Crippen LogP contribution is 2.37. The van der Waals surface area contributed by atoms with E-state index in [0.29, 0.717) is 5.92 Å². The Hall–Kier alpha value is -0.380. The monoisotopic (exact) mass is 253 g/mol. The zero-order chi connectivity index (χ0) is 12.6. The first-order valence-electron chi connectivity index (χ1n) is 5.48. The third kappa shape index (κ3) is 4.24. The van der Waals surface area contributed by atoms with Gasteiger partial charge in [0.05, 0.1) is 0 Å². The minimum atomic E-state index is -3.81. The van der Waals surface area contributed by atoms with Gasteiger partial charge in [0.2, 0.25) is 0 Å². The van der Waals surface area contributed by atoms with Crippen LogP contribution in [0.2, 0.25) is 0 Å². The van der Waals surface area contributed by atoms with Crippen LogP contribution in [-0.2, 0) is 4.79 Å². The lowest BCUT2D eigenvalue weighted by atomic mass is 9.83. The fraction of sp³-hybridized carbons (Fsp3) is 0.909. The average Bonchev–Trinajstić information content (AvgIpc) is 2.83. The van der Waals surface area contributed by atoms with Crippen LogP contribution >= 0.6 is 11.6 Å². The maximum absolute atomic E-state index is 12.6. The van der Waals surface area contributed by atoms with Crippen LogP contribution in [0.25, 0.3) is 0 Å². The van der Waals surface area contributed by atoms with E-state index in [0.717, 1.165) is 19.3 Å². The largest absolute Gasteiger partial charge is 0.399 e. The van der Waals surface area contributed by atoms with E-state index >= 15 is 0 Å². The zero-order valence-electron chi connectivity index (χ0n) is 9.82. The van der Waals surface area contributed by atoms with Crippen LogP contribution in [0.3, 0.4) is 0 Å². The fourth-order valence-corrected chi connectivity index (χ4v) is 1.61. The molecule has 0 bridgehead atoms. The number of amides is 1. The fourth-order valence-electron chi connectivity index (χ4n) is 1.56. The normalized spacial score (nSPS) is 19.4. The van der Waals surface area contributed by atoms with E-state index in [2.05, 4.69) is 16.9 Å². The molecule has 1 atom stereocenters. The van der Waals surface area contributed by atoms with Gasteiger partial charge in [-0.1, -0.05) is 33.6 Å². The molecule has 0 spiro atoms. The average molecular weight is 254 g/mol. The maximum atomic E-state index is 12.6. The maximum Gasteiger partial charge on any atom is 0.399 e. The van der Waals surface area contributed by atoms with Crippen molar-refractivity contribution in [2.24, 2.45) is 11.3 Å². The lowest BCUT2D eigenvalue weighted by Crippen LogP contribution is -2.48. The summed E-state index contributed by atoms with van der Waals surface area (Å²) in [4.78, 5) is 11.1. The first kappa shape index (κ1) is 13.7. The Morgan fingerprint density at radius 2 is 1.94 bits per heavy atom. The summed E-state index contributed by atoms with van der Waals surface area (Å²) < 4.78 is 25.1. The molecule has 94 valence electrons. The predicted octanol–water partition coefficient (Wildman–Crippen LogP) is 3.15. The quantitative estimate of drug-likeness (QED) is 0.767. The van der Waals surface area contributed by atoms with Gasteiger partial charge >= 0.3 is 11.3 Å². The lowest BCUT2D eigenvalue weighted by molar-refractivity contribution is -0.137. The van der Waals surface area contributed by atoms with Crippen molar-refractivity contribution in [3.05, 3.63) is 0 Å². The molecule has 0 aromatic carbocycles. The molecule has 0 aromatic heterocycles. The molecule has 1 aliphatic carbocycles. The molecule has 5 heteroatoms. The number of alkyl halides is 3. The molecule has 0 radical (unpaired) electrons. The Kier molecular flexibility index (Phi) is 3.83. The van der Waals surface area contributed by atoms with E-state index in [-0.39, 0.29) is 11.5 Å². The molecule has 1 fully saturated rings. The van der Waals surface area contributed by atoms with Gasteiger partial charge in [-0.15, -0.1) is 0 Å². The minimum absolute atomic E-state index is 0.236. The van der Waals surface area contributed by atoms with Gasteiger partial charge in [0.1, 0.15) is 0 Å². The van der Waals surface area contributed by atoms with Crippen LogP contribution in [0.15, 0.2) is 0 Å². The van der Waals surface area contributed by atoms with Gasteiger partial charge < -0.3 is 5.32 Å². The molecule has 2 nitrogen and oxygen atoms in total. The molecule has 1 saturated carbocycles. The van der Waals surface area contributed by atoms with Crippen molar-refractivity contribution in [2.45, 2.75) is 51.5 Å². The first-order chi connectivity index (χ1) is 7.10. The SMILES string of the molecule is CC(C)(C)C(CC1CC1)NC(=O)C(F)(F)Cl. The van der Waals surface area contributed by atoms with E-state index in [1.165, 1.54) is 0 Å². The number of rotatable bonds is 4. The number of nitrogens with one attached hydrogen (secondary N) is 1. The molecule has 1 rings (SSSR count). The summed E-state index contributed by atoms with van der Waals surface area (Å²) in [6.45, 7) is 5.77. The number of carbonyl (C=O) groups is 1. The van der Waals surface area contributed by atoms with Crippen molar-refractivity contribution in [3.63, 3.8) is 0 Å². The van der Waals surface area contributed by atoms with Gasteiger partial charge in [-0.05, 0) is 29.4 Å². The highest BCUT2D eigenvalue weighted by atomic mass is 35.5. The topological polar surface area (TPSA) is 29.1 Å². The van der Waals surface area contributed by atoms with Crippen molar-refractivity contribution in [2.75, 3.05) is 0 Å². The zero-order valence-corrected chi connectivity index (χ0v) is 10.6. The van der Waals surface area contributed by atoms with Crippen molar-refractivity contribution in [3.8, 4) is 0 Å². The van der Waals surface area contributed by atoms with Crippen LogP contribution < -0.4 is 5.32 Å². The molecule has 0 heterocycles. The van der Waals surface area contributed by atoms with Crippen molar-refractivity contribution in [1.29, 1.82) is 0 Å². The van der Waals surface area contributed by atoms with Gasteiger partial charge in [0, 0.05) is 6.04 Å². The highest BCUT2D eigenvalue weighted by molar-refractivity contribution is 6.32. The summed E-state index contributed by atoms with van der Waals surface area (Å²) >= 11 is 4.68.